The average Bonchev–Trinajstić information content (AvgIpc) is 2.38. The molecule has 1 fully saturated rings. The van der Waals surface area contributed by atoms with Crippen molar-refractivity contribution in [2.24, 2.45) is 5.92 Å². The molecule has 1 nitrogen and oxygen atoms in total. The smallest absolute Gasteiger partial charge is 0.127 e. The highest BCUT2D eigenvalue weighted by atomic mass is 35.5. The number of hydrogen-bond donors (Lipinski definition) is 0. The predicted molar refractivity (Wildman–Crippen MR) is 72.6 cm³/mol. The minimum absolute atomic E-state index is 0.230. The monoisotopic (exact) mass is 270 g/mol. The maximum atomic E-state index is 13.4. The molecule has 1 aromatic carbocycles. The highest BCUT2D eigenvalue weighted by Crippen LogP contribution is 2.30. The Labute approximate surface area is 113 Å². The van der Waals surface area contributed by atoms with Gasteiger partial charge in [0, 0.05) is 11.9 Å². The van der Waals surface area contributed by atoms with Crippen molar-refractivity contribution in [2.75, 3.05) is 0 Å². The maximum absolute atomic E-state index is 13.4. The minimum Gasteiger partial charge on any atom is -0.490 e. The van der Waals surface area contributed by atoms with Gasteiger partial charge in [0.1, 0.15) is 11.6 Å². The van der Waals surface area contributed by atoms with Crippen molar-refractivity contribution >= 4 is 11.6 Å². The van der Waals surface area contributed by atoms with E-state index in [1.807, 2.05) is 6.07 Å². The summed E-state index contributed by atoms with van der Waals surface area (Å²) in [5.41, 5.74) is 0.773. The Hall–Kier alpha value is -0.760. The van der Waals surface area contributed by atoms with Gasteiger partial charge < -0.3 is 4.74 Å². The Morgan fingerprint density at radius 1 is 1.33 bits per heavy atom. The van der Waals surface area contributed by atoms with Crippen LogP contribution in [0.3, 0.4) is 0 Å². The van der Waals surface area contributed by atoms with Crippen LogP contribution in [-0.4, -0.2) is 6.10 Å². The summed E-state index contributed by atoms with van der Waals surface area (Å²) in [6.45, 7) is 2.22. The van der Waals surface area contributed by atoms with Crippen molar-refractivity contribution in [1.29, 1.82) is 0 Å². The highest BCUT2D eigenvalue weighted by molar-refractivity contribution is 6.17. The van der Waals surface area contributed by atoms with Crippen LogP contribution < -0.4 is 4.74 Å². The summed E-state index contributed by atoms with van der Waals surface area (Å²) >= 11 is 5.74. The van der Waals surface area contributed by atoms with Gasteiger partial charge in [0.05, 0.1) is 6.10 Å². The van der Waals surface area contributed by atoms with Crippen LogP contribution in [0.2, 0.25) is 0 Å². The SMILES string of the molecule is CCC1CCCC(Oc2cc(F)cc(CCl)c2)C1. The Morgan fingerprint density at radius 3 is 2.89 bits per heavy atom. The van der Waals surface area contributed by atoms with Gasteiger partial charge >= 0.3 is 0 Å². The van der Waals surface area contributed by atoms with E-state index < -0.39 is 0 Å². The van der Waals surface area contributed by atoms with Crippen LogP contribution in [0.5, 0.6) is 5.75 Å². The van der Waals surface area contributed by atoms with Gasteiger partial charge in [-0.2, -0.15) is 0 Å². The van der Waals surface area contributed by atoms with Gasteiger partial charge in [0.25, 0.3) is 0 Å². The van der Waals surface area contributed by atoms with Crippen LogP contribution in [0.1, 0.15) is 44.6 Å². The zero-order valence-electron chi connectivity index (χ0n) is 10.8. The fourth-order valence-corrected chi connectivity index (χ4v) is 2.83. The molecule has 0 radical (unpaired) electrons. The fraction of sp³-hybridized carbons (Fsp3) is 0.600. The number of rotatable bonds is 4. The molecule has 0 bridgehead atoms. The Morgan fingerprint density at radius 2 is 2.17 bits per heavy atom. The topological polar surface area (TPSA) is 9.23 Å². The van der Waals surface area contributed by atoms with Crippen molar-refractivity contribution in [3.05, 3.63) is 29.6 Å². The molecular weight excluding hydrogens is 251 g/mol. The molecule has 3 heteroatoms. The van der Waals surface area contributed by atoms with E-state index in [-0.39, 0.29) is 11.9 Å². The van der Waals surface area contributed by atoms with Gasteiger partial charge in [-0.15, -0.1) is 11.6 Å². The highest BCUT2D eigenvalue weighted by Gasteiger charge is 2.22. The first-order chi connectivity index (χ1) is 8.71. The standard InChI is InChI=1S/C15H20ClFO/c1-2-11-4-3-5-14(7-11)18-15-8-12(10-16)6-13(17)9-15/h6,8-9,11,14H,2-5,7,10H2,1H3. The molecule has 0 spiro atoms. The van der Waals surface area contributed by atoms with Gasteiger partial charge in [-0.1, -0.05) is 19.8 Å². The molecule has 0 aliphatic heterocycles. The lowest BCUT2D eigenvalue weighted by Gasteiger charge is -2.29. The molecule has 100 valence electrons. The van der Waals surface area contributed by atoms with E-state index in [2.05, 4.69) is 6.92 Å². The third-order valence-corrected chi connectivity index (χ3v) is 4.01. The van der Waals surface area contributed by atoms with Crippen LogP contribution in [0.4, 0.5) is 4.39 Å². The first-order valence-corrected chi connectivity index (χ1v) is 7.26. The van der Waals surface area contributed by atoms with Crippen molar-refractivity contribution < 1.29 is 9.13 Å². The number of hydrogen-bond acceptors (Lipinski definition) is 1. The summed E-state index contributed by atoms with van der Waals surface area (Å²) in [5, 5.41) is 0. The first kappa shape index (κ1) is 13.7. The third-order valence-electron chi connectivity index (χ3n) is 3.70. The minimum atomic E-state index is -0.272. The summed E-state index contributed by atoms with van der Waals surface area (Å²) in [6, 6.07) is 4.74. The molecule has 1 aliphatic carbocycles. The molecule has 2 rings (SSSR count). The van der Waals surface area contributed by atoms with E-state index in [0.29, 0.717) is 11.6 Å². The summed E-state index contributed by atoms with van der Waals surface area (Å²) in [5.74, 6) is 1.42. The molecule has 2 unspecified atom stereocenters. The summed E-state index contributed by atoms with van der Waals surface area (Å²) in [4.78, 5) is 0. The molecule has 18 heavy (non-hydrogen) atoms. The number of benzene rings is 1. The maximum Gasteiger partial charge on any atom is 0.127 e. The second-order valence-corrected chi connectivity index (χ2v) is 5.38. The van der Waals surface area contributed by atoms with Gasteiger partial charge in [-0.3, -0.25) is 0 Å². The molecule has 1 aliphatic rings. The first-order valence-electron chi connectivity index (χ1n) is 6.73. The predicted octanol–water partition coefficient (Wildman–Crippen LogP) is 4.91. The van der Waals surface area contributed by atoms with Crippen LogP contribution in [0.15, 0.2) is 18.2 Å². The normalized spacial score (nSPS) is 23.9. The van der Waals surface area contributed by atoms with Crippen LogP contribution in [0, 0.1) is 11.7 Å². The molecule has 1 saturated carbocycles. The summed E-state index contributed by atoms with van der Waals surface area (Å²) < 4.78 is 19.3. The molecule has 1 aromatic rings. The van der Waals surface area contributed by atoms with Crippen molar-refractivity contribution in [2.45, 2.75) is 51.0 Å². The Bertz CT molecular complexity index is 394. The zero-order chi connectivity index (χ0) is 13.0. The summed E-state index contributed by atoms with van der Waals surface area (Å²) in [6.07, 6.45) is 6.10. The van der Waals surface area contributed by atoms with E-state index in [1.165, 1.54) is 31.4 Å². The van der Waals surface area contributed by atoms with Gasteiger partial charge in [-0.05, 0) is 42.9 Å². The molecule has 0 heterocycles. The third kappa shape index (κ3) is 3.61. The molecule has 0 amide bonds. The van der Waals surface area contributed by atoms with E-state index in [1.54, 1.807) is 0 Å². The average molecular weight is 271 g/mol. The van der Waals surface area contributed by atoms with E-state index in [9.17, 15) is 4.39 Å². The number of halogens is 2. The molecular formula is C15H20ClFO. The second kappa shape index (κ2) is 6.42. The van der Waals surface area contributed by atoms with Gasteiger partial charge in [0.2, 0.25) is 0 Å². The van der Waals surface area contributed by atoms with Crippen LogP contribution in [-0.2, 0) is 5.88 Å². The fourth-order valence-electron chi connectivity index (χ4n) is 2.68. The van der Waals surface area contributed by atoms with Gasteiger partial charge in [-0.25, -0.2) is 4.39 Å². The van der Waals surface area contributed by atoms with Crippen molar-refractivity contribution in [3.8, 4) is 5.75 Å². The van der Waals surface area contributed by atoms with Crippen molar-refractivity contribution in [3.63, 3.8) is 0 Å². The van der Waals surface area contributed by atoms with Crippen LogP contribution >= 0.6 is 11.6 Å². The molecule has 0 saturated heterocycles. The van der Waals surface area contributed by atoms with E-state index >= 15 is 0 Å². The Kier molecular flexibility index (Phi) is 4.87. The second-order valence-electron chi connectivity index (χ2n) is 5.11. The van der Waals surface area contributed by atoms with Gasteiger partial charge in [0.15, 0.2) is 0 Å². The number of alkyl halides is 1. The quantitative estimate of drug-likeness (QED) is 0.706. The lowest BCUT2D eigenvalue weighted by Crippen LogP contribution is -2.25. The molecule has 0 N–H and O–H groups in total. The summed E-state index contributed by atoms with van der Waals surface area (Å²) in [7, 11) is 0. The molecule has 2 atom stereocenters. The van der Waals surface area contributed by atoms with Crippen molar-refractivity contribution in [1.82, 2.24) is 0 Å². The van der Waals surface area contributed by atoms with Crippen LogP contribution in [0.25, 0.3) is 0 Å². The van der Waals surface area contributed by atoms with E-state index in [0.717, 1.165) is 24.3 Å². The largest absolute Gasteiger partial charge is 0.490 e. The molecule has 0 aromatic heterocycles. The number of ether oxygens (including phenoxy) is 1. The zero-order valence-corrected chi connectivity index (χ0v) is 11.5. The lowest BCUT2D eigenvalue weighted by molar-refractivity contribution is 0.121. The Balaban J connectivity index is 2.02. The lowest BCUT2D eigenvalue weighted by atomic mass is 9.85. The van der Waals surface area contributed by atoms with E-state index in [4.69, 9.17) is 16.3 Å².